The van der Waals surface area contributed by atoms with Crippen molar-refractivity contribution >= 4 is 17.6 Å². The predicted octanol–water partition coefficient (Wildman–Crippen LogP) is 1.17. The quantitative estimate of drug-likeness (QED) is 0.769. The summed E-state index contributed by atoms with van der Waals surface area (Å²) in [6.07, 6.45) is 1.53. The number of nitrogens with one attached hydrogen (secondary N) is 3. The van der Waals surface area contributed by atoms with E-state index in [1.165, 1.54) is 6.20 Å². The Bertz CT molecular complexity index is 551. The third kappa shape index (κ3) is 3.41. The van der Waals surface area contributed by atoms with Crippen LogP contribution < -0.4 is 10.6 Å². The molecule has 0 aliphatic heterocycles. The molecule has 0 aliphatic rings. The van der Waals surface area contributed by atoms with E-state index in [-0.39, 0.29) is 11.8 Å². The SMILES string of the molecule is CC(NC(=O)c1ccccc1)C(=O)Nc1ccn[nH]1. The van der Waals surface area contributed by atoms with Gasteiger partial charge in [-0.1, -0.05) is 18.2 Å². The van der Waals surface area contributed by atoms with Crippen molar-refractivity contribution in [3.8, 4) is 0 Å². The van der Waals surface area contributed by atoms with Gasteiger partial charge in [0.25, 0.3) is 5.91 Å². The van der Waals surface area contributed by atoms with Crippen LogP contribution in [0.25, 0.3) is 0 Å². The zero-order chi connectivity index (χ0) is 13.7. The minimum absolute atomic E-state index is 0.284. The van der Waals surface area contributed by atoms with Crippen LogP contribution in [0.3, 0.4) is 0 Å². The molecule has 2 rings (SSSR count). The molecule has 6 nitrogen and oxygen atoms in total. The van der Waals surface area contributed by atoms with Crippen LogP contribution in [0.2, 0.25) is 0 Å². The molecule has 0 saturated carbocycles. The number of carbonyl (C=O) groups excluding carboxylic acids is 2. The van der Waals surface area contributed by atoms with Gasteiger partial charge in [0.15, 0.2) is 0 Å². The van der Waals surface area contributed by atoms with Crippen LogP contribution in [0, 0.1) is 0 Å². The highest BCUT2D eigenvalue weighted by Gasteiger charge is 2.16. The number of hydrogen-bond acceptors (Lipinski definition) is 3. The molecule has 0 spiro atoms. The van der Waals surface area contributed by atoms with E-state index in [4.69, 9.17) is 0 Å². The summed E-state index contributed by atoms with van der Waals surface area (Å²) in [6.45, 7) is 1.62. The van der Waals surface area contributed by atoms with E-state index in [0.29, 0.717) is 11.4 Å². The molecule has 1 atom stereocenters. The lowest BCUT2D eigenvalue weighted by molar-refractivity contribution is -0.117. The van der Waals surface area contributed by atoms with Gasteiger partial charge in [0.05, 0.1) is 6.20 Å². The number of H-pyrrole nitrogens is 1. The van der Waals surface area contributed by atoms with Gasteiger partial charge in [-0.05, 0) is 19.1 Å². The standard InChI is InChI=1S/C13H14N4O2/c1-9(12(18)16-11-7-8-14-17-11)15-13(19)10-5-3-2-4-6-10/h2-9H,1H3,(H,15,19)(H2,14,16,17,18). The minimum atomic E-state index is -0.643. The molecule has 0 radical (unpaired) electrons. The fraction of sp³-hybridized carbons (Fsp3) is 0.154. The van der Waals surface area contributed by atoms with Crippen molar-refractivity contribution in [1.82, 2.24) is 15.5 Å². The van der Waals surface area contributed by atoms with Crippen LogP contribution in [0.5, 0.6) is 0 Å². The lowest BCUT2D eigenvalue weighted by Crippen LogP contribution is -2.41. The van der Waals surface area contributed by atoms with Gasteiger partial charge in [-0.2, -0.15) is 5.10 Å². The van der Waals surface area contributed by atoms with Gasteiger partial charge in [-0.3, -0.25) is 14.7 Å². The lowest BCUT2D eigenvalue weighted by atomic mass is 10.2. The van der Waals surface area contributed by atoms with E-state index < -0.39 is 6.04 Å². The Morgan fingerprint density at radius 1 is 1.21 bits per heavy atom. The maximum absolute atomic E-state index is 11.9. The van der Waals surface area contributed by atoms with E-state index in [0.717, 1.165) is 0 Å². The summed E-state index contributed by atoms with van der Waals surface area (Å²) in [6, 6.07) is 9.73. The van der Waals surface area contributed by atoms with Crippen LogP contribution in [0.15, 0.2) is 42.6 Å². The molecule has 0 fully saturated rings. The molecular formula is C13H14N4O2. The molecule has 3 N–H and O–H groups in total. The molecule has 2 aromatic rings. The van der Waals surface area contributed by atoms with Crippen LogP contribution >= 0.6 is 0 Å². The first-order valence-corrected chi connectivity index (χ1v) is 5.83. The largest absolute Gasteiger partial charge is 0.341 e. The lowest BCUT2D eigenvalue weighted by Gasteiger charge is -2.13. The zero-order valence-corrected chi connectivity index (χ0v) is 10.4. The molecule has 1 aromatic heterocycles. The number of aromatic amines is 1. The van der Waals surface area contributed by atoms with Crippen molar-refractivity contribution in [2.75, 3.05) is 5.32 Å². The third-order valence-corrected chi connectivity index (χ3v) is 2.54. The van der Waals surface area contributed by atoms with Crippen molar-refractivity contribution in [2.24, 2.45) is 0 Å². The number of aromatic nitrogens is 2. The van der Waals surface area contributed by atoms with E-state index in [9.17, 15) is 9.59 Å². The highest BCUT2D eigenvalue weighted by atomic mass is 16.2. The van der Waals surface area contributed by atoms with Crippen molar-refractivity contribution in [3.05, 3.63) is 48.2 Å². The second-order valence-electron chi connectivity index (χ2n) is 4.02. The smallest absolute Gasteiger partial charge is 0.251 e. The van der Waals surface area contributed by atoms with Crippen molar-refractivity contribution < 1.29 is 9.59 Å². The van der Waals surface area contributed by atoms with Gasteiger partial charge in [0.1, 0.15) is 11.9 Å². The van der Waals surface area contributed by atoms with Crippen LogP contribution in [0.1, 0.15) is 17.3 Å². The molecule has 1 aromatic carbocycles. The van der Waals surface area contributed by atoms with Gasteiger partial charge in [0, 0.05) is 11.6 Å². The summed E-state index contributed by atoms with van der Waals surface area (Å²) in [5.41, 5.74) is 0.517. The summed E-state index contributed by atoms with van der Waals surface area (Å²) < 4.78 is 0. The molecule has 98 valence electrons. The molecule has 6 heteroatoms. The number of nitrogens with zero attached hydrogens (tertiary/aromatic N) is 1. The Hall–Kier alpha value is -2.63. The second-order valence-corrected chi connectivity index (χ2v) is 4.02. The van der Waals surface area contributed by atoms with Crippen LogP contribution in [0.4, 0.5) is 5.82 Å². The second kappa shape index (κ2) is 5.81. The number of anilines is 1. The molecule has 0 bridgehead atoms. The van der Waals surface area contributed by atoms with E-state index in [1.807, 2.05) is 6.07 Å². The zero-order valence-electron chi connectivity index (χ0n) is 10.4. The maximum Gasteiger partial charge on any atom is 0.251 e. The predicted molar refractivity (Wildman–Crippen MR) is 70.6 cm³/mol. The molecule has 19 heavy (non-hydrogen) atoms. The first kappa shape index (κ1) is 12.8. The van der Waals surface area contributed by atoms with Crippen molar-refractivity contribution in [2.45, 2.75) is 13.0 Å². The first-order chi connectivity index (χ1) is 9.16. The summed E-state index contributed by atoms with van der Waals surface area (Å²) in [5, 5.41) is 11.6. The number of carbonyl (C=O) groups is 2. The van der Waals surface area contributed by atoms with Crippen LogP contribution in [-0.4, -0.2) is 28.1 Å². The molecule has 1 heterocycles. The number of hydrogen-bond donors (Lipinski definition) is 3. The number of benzene rings is 1. The minimum Gasteiger partial charge on any atom is -0.341 e. The first-order valence-electron chi connectivity index (χ1n) is 5.83. The van der Waals surface area contributed by atoms with E-state index >= 15 is 0 Å². The number of rotatable bonds is 4. The molecular weight excluding hydrogens is 244 g/mol. The van der Waals surface area contributed by atoms with Gasteiger partial charge < -0.3 is 10.6 Å². The van der Waals surface area contributed by atoms with Crippen molar-refractivity contribution in [1.29, 1.82) is 0 Å². The molecule has 1 unspecified atom stereocenters. The Labute approximate surface area is 110 Å². The van der Waals surface area contributed by atoms with Gasteiger partial charge >= 0.3 is 0 Å². The van der Waals surface area contributed by atoms with E-state index in [1.54, 1.807) is 37.3 Å². The molecule has 2 amide bonds. The Morgan fingerprint density at radius 2 is 1.95 bits per heavy atom. The Kier molecular flexibility index (Phi) is 3.92. The average Bonchev–Trinajstić information content (AvgIpc) is 2.92. The fourth-order valence-electron chi connectivity index (χ4n) is 1.50. The summed E-state index contributed by atoms with van der Waals surface area (Å²) in [5.74, 6) is -0.104. The topological polar surface area (TPSA) is 86.9 Å². The van der Waals surface area contributed by atoms with E-state index in [2.05, 4.69) is 20.8 Å². The fourth-order valence-corrected chi connectivity index (χ4v) is 1.50. The van der Waals surface area contributed by atoms with Crippen molar-refractivity contribution in [3.63, 3.8) is 0 Å². The summed E-state index contributed by atoms with van der Waals surface area (Å²) >= 11 is 0. The van der Waals surface area contributed by atoms with Gasteiger partial charge in [-0.15, -0.1) is 0 Å². The highest BCUT2D eigenvalue weighted by Crippen LogP contribution is 2.02. The normalized spacial score (nSPS) is 11.6. The summed E-state index contributed by atoms with van der Waals surface area (Å²) in [4.78, 5) is 23.7. The monoisotopic (exact) mass is 258 g/mol. The highest BCUT2D eigenvalue weighted by molar-refractivity contribution is 6.00. The Balaban J connectivity index is 1.92. The third-order valence-electron chi connectivity index (χ3n) is 2.54. The summed E-state index contributed by atoms with van der Waals surface area (Å²) in [7, 11) is 0. The molecule has 0 aliphatic carbocycles. The Morgan fingerprint density at radius 3 is 2.58 bits per heavy atom. The molecule has 0 saturated heterocycles. The maximum atomic E-state index is 11.9. The van der Waals surface area contributed by atoms with Crippen LogP contribution in [-0.2, 0) is 4.79 Å². The van der Waals surface area contributed by atoms with Gasteiger partial charge in [0.2, 0.25) is 5.91 Å². The number of amides is 2. The average molecular weight is 258 g/mol. The van der Waals surface area contributed by atoms with Gasteiger partial charge in [-0.25, -0.2) is 0 Å².